The van der Waals surface area contributed by atoms with Crippen LogP contribution in [-0.2, 0) is 29.3 Å². The van der Waals surface area contributed by atoms with Crippen LogP contribution in [-0.4, -0.2) is 55.4 Å². The van der Waals surface area contributed by atoms with Gasteiger partial charge in [0.25, 0.3) is 5.91 Å². The summed E-state index contributed by atoms with van der Waals surface area (Å²) in [4.78, 5) is 50.7. The number of methoxy groups -OCH3 is 1. The van der Waals surface area contributed by atoms with Gasteiger partial charge in [-0.1, -0.05) is 30.3 Å². The molecule has 0 bridgehead atoms. The fourth-order valence-corrected chi connectivity index (χ4v) is 4.11. The van der Waals surface area contributed by atoms with Gasteiger partial charge in [-0.15, -0.1) is 0 Å². The van der Waals surface area contributed by atoms with Gasteiger partial charge in [-0.05, 0) is 36.6 Å². The van der Waals surface area contributed by atoms with E-state index in [1.165, 1.54) is 21.0 Å². The van der Waals surface area contributed by atoms with Crippen molar-refractivity contribution in [3.05, 3.63) is 54.1 Å². The van der Waals surface area contributed by atoms with E-state index < -0.39 is 23.9 Å². The first-order chi connectivity index (χ1) is 16.2. The maximum Gasteiger partial charge on any atom is 0.317 e. The van der Waals surface area contributed by atoms with Crippen LogP contribution in [0.5, 0.6) is 5.75 Å². The Bertz CT molecular complexity index is 1060. The topological polar surface area (TPSA) is 114 Å². The smallest absolute Gasteiger partial charge is 0.317 e. The van der Waals surface area contributed by atoms with Crippen LogP contribution in [0.3, 0.4) is 0 Å². The number of carbonyl (C=O) groups excluding carboxylic acids is 4. The molecule has 0 radical (unpaired) electrons. The van der Waals surface area contributed by atoms with E-state index in [2.05, 4.69) is 10.6 Å². The summed E-state index contributed by atoms with van der Waals surface area (Å²) in [6.07, 6.45) is 0.813. The maximum atomic E-state index is 13.3. The molecular weight excluding hydrogens is 438 g/mol. The average molecular weight is 468 g/mol. The van der Waals surface area contributed by atoms with Gasteiger partial charge in [0.2, 0.25) is 11.8 Å². The highest BCUT2D eigenvalue weighted by molar-refractivity contribution is 5.96. The van der Waals surface area contributed by atoms with E-state index in [0.29, 0.717) is 43.1 Å². The summed E-state index contributed by atoms with van der Waals surface area (Å²) in [6.45, 7) is 3.26. The van der Waals surface area contributed by atoms with Gasteiger partial charge in [0.1, 0.15) is 5.75 Å². The molecule has 180 valence electrons. The molecule has 0 spiro atoms. The summed E-state index contributed by atoms with van der Waals surface area (Å²) >= 11 is 0. The number of hydrogen-bond acceptors (Lipinski definition) is 6. The molecule has 0 unspecified atom stereocenters. The lowest BCUT2D eigenvalue weighted by Gasteiger charge is -2.40. The number of amides is 3. The largest absolute Gasteiger partial charge is 0.495 e. The molecule has 3 amide bonds. The SMILES string of the molecule is COc1ccc(NC(C)=O)cc1NC(=O)COC(=O)C1(c2ccccc2)CCN(C(C)=O)CC1. The third-order valence-corrected chi connectivity index (χ3v) is 5.91. The van der Waals surface area contributed by atoms with E-state index >= 15 is 0 Å². The third-order valence-electron chi connectivity index (χ3n) is 5.91. The molecule has 0 atom stereocenters. The number of nitrogens with zero attached hydrogens (tertiary/aromatic N) is 1. The predicted molar refractivity (Wildman–Crippen MR) is 126 cm³/mol. The summed E-state index contributed by atoms with van der Waals surface area (Å²) in [7, 11) is 1.46. The lowest BCUT2D eigenvalue weighted by atomic mass is 9.72. The summed E-state index contributed by atoms with van der Waals surface area (Å²) in [6, 6.07) is 14.1. The minimum atomic E-state index is -0.934. The van der Waals surface area contributed by atoms with Crippen LogP contribution in [0.1, 0.15) is 32.3 Å². The van der Waals surface area contributed by atoms with E-state index in [9.17, 15) is 19.2 Å². The van der Waals surface area contributed by atoms with Gasteiger partial charge in [-0.25, -0.2) is 0 Å². The molecule has 2 aromatic rings. The van der Waals surface area contributed by atoms with E-state index in [1.807, 2.05) is 30.3 Å². The molecule has 1 saturated heterocycles. The fraction of sp³-hybridized carbons (Fsp3) is 0.360. The van der Waals surface area contributed by atoms with Crippen molar-refractivity contribution in [2.75, 3.05) is 37.4 Å². The van der Waals surface area contributed by atoms with E-state index in [4.69, 9.17) is 9.47 Å². The van der Waals surface area contributed by atoms with Gasteiger partial charge in [0.05, 0.1) is 18.2 Å². The Labute approximate surface area is 198 Å². The lowest BCUT2D eigenvalue weighted by Crippen LogP contribution is -2.49. The average Bonchev–Trinajstić information content (AvgIpc) is 2.83. The van der Waals surface area contributed by atoms with Gasteiger partial charge >= 0.3 is 5.97 Å². The zero-order valence-electron chi connectivity index (χ0n) is 19.6. The van der Waals surface area contributed by atoms with Gasteiger partial charge in [0, 0.05) is 32.6 Å². The Morgan fingerprint density at radius 3 is 2.24 bits per heavy atom. The highest BCUT2D eigenvalue weighted by Crippen LogP contribution is 2.37. The Morgan fingerprint density at radius 1 is 0.971 bits per heavy atom. The first-order valence-corrected chi connectivity index (χ1v) is 11.0. The van der Waals surface area contributed by atoms with Crippen molar-refractivity contribution in [1.82, 2.24) is 4.90 Å². The van der Waals surface area contributed by atoms with Crippen LogP contribution in [0.15, 0.2) is 48.5 Å². The van der Waals surface area contributed by atoms with Gasteiger partial charge in [-0.2, -0.15) is 0 Å². The second kappa shape index (κ2) is 10.8. The van der Waals surface area contributed by atoms with Crippen LogP contribution in [0, 0.1) is 0 Å². The Morgan fingerprint density at radius 2 is 1.65 bits per heavy atom. The van der Waals surface area contributed by atoms with Crippen molar-refractivity contribution in [2.45, 2.75) is 32.1 Å². The van der Waals surface area contributed by atoms with Crippen LogP contribution in [0.2, 0.25) is 0 Å². The van der Waals surface area contributed by atoms with Crippen molar-refractivity contribution in [3.8, 4) is 5.75 Å². The summed E-state index contributed by atoms with van der Waals surface area (Å²) in [5.41, 5.74) is 0.688. The number of likely N-dealkylation sites (tertiary alicyclic amines) is 1. The molecule has 1 aliphatic heterocycles. The normalized spacial score (nSPS) is 14.6. The number of anilines is 2. The molecule has 9 heteroatoms. The van der Waals surface area contributed by atoms with Crippen LogP contribution >= 0.6 is 0 Å². The first-order valence-electron chi connectivity index (χ1n) is 11.0. The number of ether oxygens (including phenoxy) is 2. The van der Waals surface area contributed by atoms with Crippen molar-refractivity contribution < 1.29 is 28.7 Å². The second-order valence-corrected chi connectivity index (χ2v) is 8.17. The van der Waals surface area contributed by atoms with Crippen molar-refractivity contribution >= 4 is 35.1 Å². The van der Waals surface area contributed by atoms with Gasteiger partial charge in [0.15, 0.2) is 6.61 Å². The Hall–Kier alpha value is -3.88. The summed E-state index contributed by atoms with van der Waals surface area (Å²) in [5.74, 6) is -0.943. The molecule has 1 aliphatic rings. The lowest BCUT2D eigenvalue weighted by molar-refractivity contribution is -0.156. The molecular formula is C25H29N3O6. The zero-order chi connectivity index (χ0) is 24.7. The number of esters is 1. The van der Waals surface area contributed by atoms with Crippen molar-refractivity contribution in [2.24, 2.45) is 0 Å². The van der Waals surface area contributed by atoms with Crippen LogP contribution < -0.4 is 15.4 Å². The molecule has 2 aromatic carbocycles. The second-order valence-electron chi connectivity index (χ2n) is 8.17. The molecule has 3 rings (SSSR count). The molecule has 0 saturated carbocycles. The molecule has 1 fully saturated rings. The minimum absolute atomic E-state index is 0.0372. The standard InChI is InChI=1S/C25H29N3O6/c1-17(29)26-20-9-10-22(33-3)21(15-20)27-23(31)16-34-24(32)25(19-7-5-4-6-8-19)11-13-28(14-12-25)18(2)30/h4-10,15H,11-14,16H2,1-3H3,(H,26,29)(H,27,31). The number of benzene rings is 2. The molecule has 9 nitrogen and oxygen atoms in total. The maximum absolute atomic E-state index is 13.3. The predicted octanol–water partition coefficient (Wildman–Crippen LogP) is 2.72. The van der Waals surface area contributed by atoms with Crippen molar-refractivity contribution in [3.63, 3.8) is 0 Å². The molecule has 0 aromatic heterocycles. The highest BCUT2D eigenvalue weighted by atomic mass is 16.5. The quantitative estimate of drug-likeness (QED) is 0.606. The first kappa shape index (κ1) is 24.8. The Balaban J connectivity index is 1.71. The number of hydrogen-bond donors (Lipinski definition) is 2. The number of piperidine rings is 1. The molecule has 0 aliphatic carbocycles. The minimum Gasteiger partial charge on any atom is -0.495 e. The molecule has 1 heterocycles. The number of nitrogens with one attached hydrogen (secondary N) is 2. The molecule has 2 N–H and O–H groups in total. The summed E-state index contributed by atoms with van der Waals surface area (Å²) < 4.78 is 10.7. The Kier molecular flexibility index (Phi) is 7.88. The number of carbonyl (C=O) groups is 4. The van der Waals surface area contributed by atoms with E-state index in [1.54, 1.807) is 23.1 Å². The van der Waals surface area contributed by atoms with E-state index in [-0.39, 0.29) is 11.8 Å². The van der Waals surface area contributed by atoms with Crippen LogP contribution in [0.4, 0.5) is 11.4 Å². The highest BCUT2D eigenvalue weighted by Gasteiger charge is 2.44. The zero-order valence-corrected chi connectivity index (χ0v) is 19.6. The summed E-state index contributed by atoms with van der Waals surface area (Å²) in [5, 5.41) is 5.30. The molecule has 34 heavy (non-hydrogen) atoms. The van der Waals surface area contributed by atoms with Crippen molar-refractivity contribution in [1.29, 1.82) is 0 Å². The van der Waals surface area contributed by atoms with E-state index in [0.717, 1.165) is 5.56 Å². The van der Waals surface area contributed by atoms with Gasteiger partial charge < -0.3 is 25.0 Å². The monoisotopic (exact) mass is 467 g/mol. The van der Waals surface area contributed by atoms with Gasteiger partial charge in [-0.3, -0.25) is 19.2 Å². The number of rotatable bonds is 7. The third kappa shape index (κ3) is 5.72. The fourth-order valence-electron chi connectivity index (χ4n) is 4.11. The van der Waals surface area contributed by atoms with Crippen LogP contribution in [0.25, 0.3) is 0 Å².